The van der Waals surface area contributed by atoms with Crippen molar-refractivity contribution in [2.75, 3.05) is 26.4 Å². The molecule has 3 saturated carbocycles. The number of allylic oxidation sites excluding steroid dienone is 10. The molecule has 210 valence electrons. The molecule has 0 N–H and O–H groups in total. The number of cyclic esters (lactones) is 2. The van der Waals surface area contributed by atoms with E-state index in [1.807, 2.05) is 0 Å². The predicted molar refractivity (Wildman–Crippen MR) is 146 cm³/mol. The number of hydrogen-bond donors (Lipinski definition) is 0. The molecule has 5 nitrogen and oxygen atoms in total. The first-order valence-corrected chi connectivity index (χ1v) is 16.5. The molecule has 13 aliphatic carbocycles. The van der Waals surface area contributed by atoms with Crippen LogP contribution in [0.4, 0.5) is 0 Å². The second kappa shape index (κ2) is 6.78. The number of ether oxygens (including phenoxy) is 3. The molecule has 0 radical (unpaired) electrons. The van der Waals surface area contributed by atoms with Crippen molar-refractivity contribution in [3.05, 3.63) is 59.8 Å². The molecule has 16 rings (SSSR count). The molecule has 6 fully saturated rings. The minimum Gasteiger partial charge on any atom is -0.392 e. The van der Waals surface area contributed by atoms with Crippen LogP contribution >= 0.6 is 0 Å². The van der Waals surface area contributed by atoms with E-state index in [4.69, 9.17) is 14.2 Å². The maximum absolute atomic E-state index is 14.3. The van der Waals surface area contributed by atoms with Crippen LogP contribution in [0.5, 0.6) is 0 Å². The topological polar surface area (TPSA) is 61.8 Å². The Morgan fingerprint density at radius 2 is 0.902 bits per heavy atom. The lowest BCUT2D eigenvalue weighted by Gasteiger charge is -2.70. The Morgan fingerprint density at radius 3 is 1.32 bits per heavy atom. The van der Waals surface area contributed by atoms with Crippen LogP contribution in [0.15, 0.2) is 59.8 Å². The average Bonchev–Trinajstić information content (AvgIpc) is 3.77. The SMILES string of the molecule is O=C1OC(=O)[C@@]23CC4=C(C[C@@]12[C@@H]1C=C[C@H]3C2C1[C@@H]1C=C[C@H]2C2COCC21)[C@H]1C=C[C@@H]4C2C1[C@H]1C=C[C@@H]2C2COCC21. The Bertz CT molecular complexity index is 1410. The van der Waals surface area contributed by atoms with Gasteiger partial charge in [0.1, 0.15) is 0 Å². The van der Waals surface area contributed by atoms with E-state index in [0.29, 0.717) is 82.9 Å². The minimum absolute atomic E-state index is 0.0695. The second-order valence-corrected chi connectivity index (χ2v) is 16.0. The normalized spacial score (nSPS) is 63.3. The second-order valence-electron chi connectivity index (χ2n) is 16.0. The molecule has 3 heterocycles. The first-order valence-electron chi connectivity index (χ1n) is 16.5. The molecule has 41 heavy (non-hydrogen) atoms. The first-order chi connectivity index (χ1) is 20.1. The fraction of sp³-hybridized carbons (Fsp3) is 0.667. The zero-order valence-electron chi connectivity index (χ0n) is 23.1. The van der Waals surface area contributed by atoms with Crippen molar-refractivity contribution in [1.82, 2.24) is 0 Å². The van der Waals surface area contributed by atoms with E-state index in [9.17, 15) is 9.59 Å². The molecular formula is C36H36O5. The molecule has 3 aliphatic heterocycles. The van der Waals surface area contributed by atoms with Crippen LogP contribution in [0.1, 0.15) is 12.8 Å². The lowest BCUT2D eigenvalue weighted by molar-refractivity contribution is -0.192. The van der Waals surface area contributed by atoms with Crippen LogP contribution in [0, 0.1) is 106 Å². The minimum atomic E-state index is -0.743. The lowest BCUT2D eigenvalue weighted by atomic mass is 9.30. The third-order valence-corrected chi connectivity index (χ3v) is 15.8. The van der Waals surface area contributed by atoms with Gasteiger partial charge in [0.2, 0.25) is 0 Å². The van der Waals surface area contributed by atoms with E-state index in [1.165, 1.54) is 11.1 Å². The zero-order chi connectivity index (χ0) is 26.6. The van der Waals surface area contributed by atoms with Crippen molar-refractivity contribution in [3.8, 4) is 0 Å². The third-order valence-electron chi connectivity index (χ3n) is 15.8. The number of carbonyl (C=O) groups excluding carboxylic acids is 2. The van der Waals surface area contributed by atoms with Crippen LogP contribution in [0.3, 0.4) is 0 Å². The fourth-order valence-corrected chi connectivity index (χ4v) is 14.8. The molecule has 8 bridgehead atoms. The maximum Gasteiger partial charge on any atom is 0.321 e. The van der Waals surface area contributed by atoms with Crippen molar-refractivity contribution in [2.24, 2.45) is 106 Å². The summed E-state index contributed by atoms with van der Waals surface area (Å²) >= 11 is 0. The Labute approximate surface area is 240 Å². The fourth-order valence-electron chi connectivity index (χ4n) is 14.8. The summed E-state index contributed by atoms with van der Waals surface area (Å²) in [7, 11) is 0. The van der Waals surface area contributed by atoms with Gasteiger partial charge < -0.3 is 14.2 Å². The molecule has 0 spiro atoms. The summed E-state index contributed by atoms with van der Waals surface area (Å²) in [4.78, 5) is 28.6. The Hall–Kier alpha value is -2.24. The molecule has 0 aromatic carbocycles. The van der Waals surface area contributed by atoms with Gasteiger partial charge in [-0.2, -0.15) is 0 Å². The summed E-state index contributed by atoms with van der Waals surface area (Å²) in [5, 5.41) is 0. The molecule has 8 unspecified atom stereocenters. The largest absolute Gasteiger partial charge is 0.392 e. The van der Waals surface area contributed by atoms with Gasteiger partial charge in [0.15, 0.2) is 0 Å². The summed E-state index contributed by atoms with van der Waals surface area (Å²) in [6, 6.07) is 0. The van der Waals surface area contributed by atoms with Crippen molar-refractivity contribution < 1.29 is 23.8 Å². The molecule has 0 aromatic rings. The molecule has 0 aromatic heterocycles. The molecule has 16 aliphatic rings. The Balaban J connectivity index is 1.05. The number of rotatable bonds is 0. The Morgan fingerprint density at radius 1 is 0.512 bits per heavy atom. The average molecular weight is 549 g/mol. The monoisotopic (exact) mass is 548 g/mol. The molecule has 18 atom stereocenters. The first kappa shape index (κ1) is 22.3. The highest BCUT2D eigenvalue weighted by molar-refractivity contribution is 6.04. The number of hydrogen-bond acceptors (Lipinski definition) is 5. The summed E-state index contributed by atoms with van der Waals surface area (Å²) in [5.41, 5.74) is 1.56. The van der Waals surface area contributed by atoms with Crippen LogP contribution in [0.2, 0.25) is 0 Å². The van der Waals surface area contributed by atoms with E-state index in [2.05, 4.69) is 48.6 Å². The van der Waals surface area contributed by atoms with Crippen molar-refractivity contribution in [1.29, 1.82) is 0 Å². The molecular weight excluding hydrogens is 512 g/mol. The van der Waals surface area contributed by atoms with Crippen molar-refractivity contribution >= 4 is 11.9 Å². The van der Waals surface area contributed by atoms with Crippen LogP contribution < -0.4 is 0 Å². The highest BCUT2D eigenvalue weighted by atomic mass is 16.6. The molecule has 5 heteroatoms. The third kappa shape index (κ3) is 2.07. The van der Waals surface area contributed by atoms with E-state index < -0.39 is 10.8 Å². The van der Waals surface area contributed by atoms with Gasteiger partial charge in [-0.3, -0.25) is 9.59 Å². The lowest BCUT2D eigenvalue weighted by Crippen LogP contribution is -2.70. The van der Waals surface area contributed by atoms with E-state index >= 15 is 0 Å². The van der Waals surface area contributed by atoms with E-state index in [-0.39, 0.29) is 23.8 Å². The summed E-state index contributed by atoms with van der Waals surface area (Å²) in [6.45, 7) is 3.49. The maximum atomic E-state index is 14.3. The van der Waals surface area contributed by atoms with Gasteiger partial charge in [-0.1, -0.05) is 59.8 Å². The van der Waals surface area contributed by atoms with Crippen LogP contribution in [-0.4, -0.2) is 38.4 Å². The quantitative estimate of drug-likeness (QED) is 0.255. The number of esters is 2. The van der Waals surface area contributed by atoms with Crippen molar-refractivity contribution in [2.45, 2.75) is 12.8 Å². The highest BCUT2D eigenvalue weighted by Crippen LogP contribution is 2.80. The van der Waals surface area contributed by atoms with Gasteiger partial charge in [0, 0.05) is 11.8 Å². The van der Waals surface area contributed by atoms with Gasteiger partial charge in [-0.15, -0.1) is 0 Å². The van der Waals surface area contributed by atoms with Gasteiger partial charge >= 0.3 is 11.9 Å². The van der Waals surface area contributed by atoms with E-state index in [0.717, 1.165) is 39.3 Å². The zero-order valence-corrected chi connectivity index (χ0v) is 23.1. The molecule has 0 amide bonds. The van der Waals surface area contributed by atoms with Crippen molar-refractivity contribution in [3.63, 3.8) is 0 Å². The van der Waals surface area contributed by atoms with Crippen LogP contribution in [-0.2, 0) is 23.8 Å². The van der Waals surface area contributed by atoms with Gasteiger partial charge in [0.05, 0.1) is 37.3 Å². The summed E-state index contributed by atoms with van der Waals surface area (Å²) < 4.78 is 18.1. The molecule has 3 saturated heterocycles. The van der Waals surface area contributed by atoms with E-state index in [1.54, 1.807) is 0 Å². The standard InChI is InChI=1S/C36H36O5/c37-33-35-9-21-15-1-2-16(30-18-4-3-17(29(15)30)23-11-39-12-24(18)23)22(21)10-36(35,34(38)41-33)28-8-7-27(35)31-19-5-6-20(32(28)31)26-14-40-13-25(19)26/h1-8,15-20,23-32H,9-14H2/t15-,16+,17+,18-,19-,20+,23?,24?,25?,26?,27-,28+,29?,30?,31?,32?,35-,36+. The van der Waals surface area contributed by atoms with Gasteiger partial charge in [-0.05, 0) is 95.7 Å². The summed E-state index contributed by atoms with van der Waals surface area (Å²) in [6.07, 6.45) is 21.3. The predicted octanol–water partition coefficient (Wildman–Crippen LogP) is 4.39. The Kier molecular flexibility index (Phi) is 3.69. The summed E-state index contributed by atoms with van der Waals surface area (Å²) in [5.74, 6) is 6.91. The van der Waals surface area contributed by atoms with Crippen LogP contribution in [0.25, 0.3) is 0 Å². The number of carbonyl (C=O) groups is 2. The van der Waals surface area contributed by atoms with Gasteiger partial charge in [0.25, 0.3) is 0 Å². The van der Waals surface area contributed by atoms with Gasteiger partial charge in [-0.25, -0.2) is 0 Å². The highest BCUT2D eigenvalue weighted by Gasteiger charge is 2.83. The smallest absolute Gasteiger partial charge is 0.321 e.